The predicted molar refractivity (Wildman–Crippen MR) is 57.9 cm³/mol. The third-order valence-corrected chi connectivity index (χ3v) is 2.44. The van der Waals surface area contributed by atoms with Gasteiger partial charge in [-0.3, -0.25) is 5.43 Å². The first kappa shape index (κ1) is 13.7. The van der Waals surface area contributed by atoms with E-state index in [4.69, 9.17) is 9.84 Å². The van der Waals surface area contributed by atoms with Crippen LogP contribution in [-0.2, 0) is 14.3 Å². The Balaban J connectivity index is 2.38. The summed E-state index contributed by atoms with van der Waals surface area (Å²) < 4.78 is 9.54. The van der Waals surface area contributed by atoms with Gasteiger partial charge in [-0.2, -0.15) is 0 Å². The summed E-state index contributed by atoms with van der Waals surface area (Å²) in [4.78, 5) is 22.2. The van der Waals surface area contributed by atoms with Crippen LogP contribution in [0.15, 0.2) is 0 Å². The van der Waals surface area contributed by atoms with Gasteiger partial charge in [-0.05, 0) is 19.8 Å². The number of hydrogen-bond donors (Lipinski definition) is 2. The fourth-order valence-electron chi connectivity index (χ4n) is 1.57. The number of methoxy groups -OCH3 is 1. The summed E-state index contributed by atoms with van der Waals surface area (Å²) in [5, 5.41) is 10.7. The number of esters is 1. The van der Waals surface area contributed by atoms with Crippen molar-refractivity contribution in [2.45, 2.75) is 32.0 Å². The summed E-state index contributed by atoms with van der Waals surface area (Å²) in [6, 6.07) is 0. The van der Waals surface area contributed by atoms with Crippen LogP contribution in [0.2, 0.25) is 0 Å². The maximum absolute atomic E-state index is 11.2. The molecule has 0 aromatic carbocycles. The van der Waals surface area contributed by atoms with Crippen LogP contribution < -0.4 is 5.43 Å². The van der Waals surface area contributed by atoms with E-state index in [0.29, 0.717) is 13.1 Å². The van der Waals surface area contributed by atoms with Crippen molar-refractivity contribution in [2.24, 2.45) is 0 Å². The van der Waals surface area contributed by atoms with Crippen LogP contribution in [0, 0.1) is 0 Å². The second kappa shape index (κ2) is 6.41. The molecular weight excluding hydrogens is 228 g/mol. The molecule has 17 heavy (non-hydrogen) atoms. The molecule has 0 bridgehead atoms. The van der Waals surface area contributed by atoms with Gasteiger partial charge in [-0.1, -0.05) is 0 Å². The van der Waals surface area contributed by atoms with Crippen molar-refractivity contribution >= 4 is 12.1 Å². The van der Waals surface area contributed by atoms with Gasteiger partial charge in [-0.25, -0.2) is 14.6 Å². The third kappa shape index (κ3) is 4.58. The smallest absolute Gasteiger partial charge is 0.421 e. The Morgan fingerprint density at radius 1 is 1.53 bits per heavy atom. The van der Waals surface area contributed by atoms with Crippen molar-refractivity contribution in [1.29, 1.82) is 0 Å². The Labute approximate surface area is 99.6 Å². The molecule has 7 heteroatoms. The monoisotopic (exact) mass is 246 g/mol. The molecule has 0 aliphatic carbocycles. The third-order valence-electron chi connectivity index (χ3n) is 2.44. The molecule has 1 rings (SSSR count). The fourth-order valence-corrected chi connectivity index (χ4v) is 1.57. The molecule has 0 spiro atoms. The zero-order valence-corrected chi connectivity index (χ0v) is 10.0. The average Bonchev–Trinajstić information content (AvgIpc) is 2.29. The van der Waals surface area contributed by atoms with Gasteiger partial charge in [0.25, 0.3) is 0 Å². The summed E-state index contributed by atoms with van der Waals surface area (Å²) in [6.07, 6.45) is -0.478. The first-order valence-electron chi connectivity index (χ1n) is 5.51. The normalized spacial score (nSPS) is 22.6. The number of hydrazine groups is 1. The second-order valence-corrected chi connectivity index (χ2v) is 3.93. The summed E-state index contributed by atoms with van der Waals surface area (Å²) in [7, 11) is 1.28. The minimum absolute atomic E-state index is 0.317. The molecule has 0 saturated carbocycles. The van der Waals surface area contributed by atoms with Crippen LogP contribution in [-0.4, -0.2) is 54.6 Å². The Bertz CT molecular complexity index is 282. The summed E-state index contributed by atoms with van der Waals surface area (Å²) in [5.74, 6) is -0.644. The van der Waals surface area contributed by atoms with Gasteiger partial charge < -0.3 is 14.6 Å². The van der Waals surface area contributed by atoms with E-state index in [9.17, 15) is 9.59 Å². The van der Waals surface area contributed by atoms with Gasteiger partial charge in [0, 0.05) is 6.54 Å². The highest BCUT2D eigenvalue weighted by Crippen LogP contribution is 2.12. The Morgan fingerprint density at radius 2 is 2.24 bits per heavy atom. The molecule has 2 atom stereocenters. The highest BCUT2D eigenvalue weighted by Gasteiger charge is 2.25. The average molecular weight is 246 g/mol. The SMILES string of the molecule is COC(=O)NN1CCCC(OC(=O)C(C)O)C1. The number of aliphatic hydroxyl groups excluding tert-OH is 1. The van der Waals surface area contributed by atoms with Crippen LogP contribution in [0.3, 0.4) is 0 Å². The number of piperidine rings is 1. The van der Waals surface area contributed by atoms with Crippen molar-refractivity contribution in [3.8, 4) is 0 Å². The van der Waals surface area contributed by atoms with Crippen molar-refractivity contribution in [3.05, 3.63) is 0 Å². The van der Waals surface area contributed by atoms with Gasteiger partial charge in [0.15, 0.2) is 0 Å². The molecule has 1 aliphatic rings. The molecule has 2 N–H and O–H groups in total. The number of nitrogens with one attached hydrogen (secondary N) is 1. The quantitative estimate of drug-likeness (QED) is 0.661. The van der Waals surface area contributed by atoms with Gasteiger partial charge in [0.2, 0.25) is 0 Å². The Kier molecular flexibility index (Phi) is 5.17. The van der Waals surface area contributed by atoms with E-state index in [1.165, 1.54) is 14.0 Å². The topological polar surface area (TPSA) is 88.1 Å². The number of hydrogen-bond acceptors (Lipinski definition) is 6. The van der Waals surface area contributed by atoms with Gasteiger partial charge in [0.05, 0.1) is 13.7 Å². The molecule has 2 unspecified atom stereocenters. The largest absolute Gasteiger partial charge is 0.459 e. The van der Waals surface area contributed by atoms with Crippen molar-refractivity contribution in [2.75, 3.05) is 20.2 Å². The summed E-state index contributed by atoms with van der Waals surface area (Å²) in [5.41, 5.74) is 2.52. The molecule has 1 amide bonds. The number of ether oxygens (including phenoxy) is 2. The molecule has 0 aromatic rings. The van der Waals surface area contributed by atoms with E-state index in [2.05, 4.69) is 10.2 Å². The molecule has 1 heterocycles. The number of nitrogens with zero attached hydrogens (tertiary/aromatic N) is 1. The number of amides is 1. The maximum atomic E-state index is 11.2. The van der Waals surface area contributed by atoms with E-state index in [0.717, 1.165) is 12.8 Å². The van der Waals surface area contributed by atoms with Crippen LogP contribution in [0.25, 0.3) is 0 Å². The second-order valence-electron chi connectivity index (χ2n) is 3.93. The first-order valence-corrected chi connectivity index (χ1v) is 5.51. The van der Waals surface area contributed by atoms with E-state index in [1.807, 2.05) is 0 Å². The standard InChI is InChI=1S/C10H18N2O5/c1-7(13)9(14)17-8-4-3-5-12(6-8)11-10(15)16-2/h7-8,13H,3-6H2,1-2H3,(H,11,15). The van der Waals surface area contributed by atoms with Crippen molar-refractivity contribution < 1.29 is 24.2 Å². The summed E-state index contributed by atoms with van der Waals surface area (Å²) in [6.45, 7) is 2.43. The van der Waals surface area contributed by atoms with E-state index in [-0.39, 0.29) is 6.10 Å². The summed E-state index contributed by atoms with van der Waals surface area (Å²) >= 11 is 0. The molecule has 7 nitrogen and oxygen atoms in total. The maximum Gasteiger partial charge on any atom is 0.421 e. The van der Waals surface area contributed by atoms with Crippen molar-refractivity contribution in [3.63, 3.8) is 0 Å². The highest BCUT2D eigenvalue weighted by atomic mass is 16.6. The van der Waals surface area contributed by atoms with Crippen LogP contribution in [0.4, 0.5) is 4.79 Å². The first-order chi connectivity index (χ1) is 8.02. The van der Waals surface area contributed by atoms with E-state index in [1.54, 1.807) is 5.01 Å². The lowest BCUT2D eigenvalue weighted by atomic mass is 10.1. The van der Waals surface area contributed by atoms with Gasteiger partial charge in [-0.15, -0.1) is 0 Å². The number of rotatable bonds is 3. The van der Waals surface area contributed by atoms with Gasteiger partial charge >= 0.3 is 12.1 Å². The molecule has 1 aliphatic heterocycles. The minimum atomic E-state index is -1.13. The molecule has 0 radical (unpaired) electrons. The molecule has 1 saturated heterocycles. The lowest BCUT2D eigenvalue weighted by Gasteiger charge is -2.31. The van der Waals surface area contributed by atoms with Crippen LogP contribution >= 0.6 is 0 Å². The molecule has 0 aromatic heterocycles. The zero-order chi connectivity index (χ0) is 12.8. The van der Waals surface area contributed by atoms with Crippen LogP contribution in [0.1, 0.15) is 19.8 Å². The zero-order valence-electron chi connectivity index (χ0n) is 10.0. The molecule has 98 valence electrons. The van der Waals surface area contributed by atoms with Crippen LogP contribution in [0.5, 0.6) is 0 Å². The van der Waals surface area contributed by atoms with E-state index < -0.39 is 18.2 Å². The highest BCUT2D eigenvalue weighted by molar-refractivity contribution is 5.74. The molecule has 1 fully saturated rings. The fraction of sp³-hybridized carbons (Fsp3) is 0.800. The predicted octanol–water partition coefficient (Wildman–Crippen LogP) is -0.354. The molecular formula is C10H18N2O5. The number of carbonyl (C=O) groups excluding carboxylic acids is 2. The van der Waals surface area contributed by atoms with Crippen molar-refractivity contribution in [1.82, 2.24) is 10.4 Å². The number of carbonyl (C=O) groups is 2. The lowest BCUT2D eigenvalue weighted by molar-refractivity contribution is -0.161. The Morgan fingerprint density at radius 3 is 2.82 bits per heavy atom. The lowest BCUT2D eigenvalue weighted by Crippen LogP contribution is -2.50. The minimum Gasteiger partial charge on any atom is -0.459 e. The van der Waals surface area contributed by atoms with Gasteiger partial charge in [0.1, 0.15) is 12.2 Å². The number of aliphatic hydroxyl groups is 1. The van der Waals surface area contributed by atoms with E-state index >= 15 is 0 Å². The Hall–Kier alpha value is -1.34.